The quantitative estimate of drug-likeness (QED) is 0.367. The highest BCUT2D eigenvalue weighted by Crippen LogP contribution is 2.22. The smallest absolute Gasteiger partial charge is 0.194 e. The average molecular weight is 504 g/mol. The Balaban J connectivity index is 0.00000280. The topological polar surface area (TPSA) is 57.9 Å². The van der Waals surface area contributed by atoms with E-state index in [0.717, 1.165) is 37.7 Å². The molecule has 0 spiro atoms. The lowest BCUT2D eigenvalue weighted by molar-refractivity contribution is -0.00809. The summed E-state index contributed by atoms with van der Waals surface area (Å²) < 4.78 is 7.83. The number of aryl methyl sites for hydroxylation is 1. The van der Waals surface area contributed by atoms with Gasteiger partial charge in [0.25, 0.3) is 0 Å². The molecule has 2 aliphatic heterocycles. The molecule has 3 heterocycles. The van der Waals surface area contributed by atoms with Gasteiger partial charge in [0.2, 0.25) is 0 Å². The first kappa shape index (κ1) is 23.4. The fourth-order valence-corrected chi connectivity index (χ4v) is 4.08. The first-order valence-corrected chi connectivity index (χ1v) is 10.5. The molecule has 0 aromatic carbocycles. The molecule has 1 aromatic heterocycles. The van der Waals surface area contributed by atoms with E-state index in [0.29, 0.717) is 18.6 Å². The van der Waals surface area contributed by atoms with Gasteiger partial charge in [-0.2, -0.15) is 5.10 Å². The second kappa shape index (κ2) is 11.3. The van der Waals surface area contributed by atoms with Crippen molar-refractivity contribution in [3.05, 3.63) is 18.0 Å². The molecular formula is C20H37IN6O. The maximum absolute atomic E-state index is 5.99. The number of likely N-dealkylation sites (tertiary alicyclic amines) is 1. The Labute approximate surface area is 186 Å². The van der Waals surface area contributed by atoms with Gasteiger partial charge >= 0.3 is 0 Å². The van der Waals surface area contributed by atoms with Gasteiger partial charge in [-0.15, -0.1) is 24.0 Å². The Bertz CT molecular complexity index is 614. The van der Waals surface area contributed by atoms with Gasteiger partial charge < -0.3 is 15.0 Å². The third-order valence-corrected chi connectivity index (χ3v) is 5.60. The van der Waals surface area contributed by atoms with Crippen LogP contribution in [-0.2, 0) is 11.8 Å². The summed E-state index contributed by atoms with van der Waals surface area (Å²) in [7, 11) is 1.94. The number of nitrogens with zero attached hydrogens (tertiary/aromatic N) is 5. The van der Waals surface area contributed by atoms with Crippen LogP contribution in [0.3, 0.4) is 0 Å². The Morgan fingerprint density at radius 1 is 1.32 bits per heavy atom. The molecule has 2 fully saturated rings. The van der Waals surface area contributed by atoms with Crippen LogP contribution in [-0.4, -0.2) is 77.5 Å². The number of aromatic nitrogens is 2. The van der Waals surface area contributed by atoms with Gasteiger partial charge in [-0.05, 0) is 38.8 Å². The zero-order valence-electron chi connectivity index (χ0n) is 17.8. The molecular weight excluding hydrogens is 467 g/mol. The first-order valence-electron chi connectivity index (χ1n) is 10.5. The maximum Gasteiger partial charge on any atom is 0.194 e. The minimum atomic E-state index is 0. The predicted octanol–water partition coefficient (Wildman–Crippen LogP) is 2.50. The van der Waals surface area contributed by atoms with Crippen molar-refractivity contribution in [2.45, 2.75) is 45.8 Å². The van der Waals surface area contributed by atoms with Crippen LogP contribution in [0.5, 0.6) is 0 Å². The van der Waals surface area contributed by atoms with Gasteiger partial charge in [-0.1, -0.05) is 13.8 Å². The molecule has 3 rings (SSSR count). The lowest BCUT2D eigenvalue weighted by Gasteiger charge is -2.35. The number of guanidine groups is 1. The maximum atomic E-state index is 5.99. The van der Waals surface area contributed by atoms with Gasteiger partial charge in [-0.25, -0.2) is 0 Å². The van der Waals surface area contributed by atoms with E-state index in [9.17, 15) is 0 Å². The van der Waals surface area contributed by atoms with Gasteiger partial charge in [0.05, 0.1) is 25.9 Å². The highest BCUT2D eigenvalue weighted by atomic mass is 127. The molecule has 0 amide bonds. The number of halogens is 1. The number of aliphatic imine (C=N–C) groups is 1. The Morgan fingerprint density at radius 2 is 2.07 bits per heavy atom. The third kappa shape index (κ3) is 6.06. The van der Waals surface area contributed by atoms with Gasteiger partial charge in [0.1, 0.15) is 6.10 Å². The Morgan fingerprint density at radius 3 is 2.68 bits per heavy atom. The summed E-state index contributed by atoms with van der Waals surface area (Å²) in [6.45, 7) is 13.3. The summed E-state index contributed by atoms with van der Waals surface area (Å²) in [6, 6.07) is 0.524. The largest absolute Gasteiger partial charge is 0.370 e. The van der Waals surface area contributed by atoms with Gasteiger partial charge in [-0.3, -0.25) is 14.6 Å². The van der Waals surface area contributed by atoms with Crippen molar-refractivity contribution in [2.24, 2.45) is 18.0 Å². The standard InChI is InChI=1S/C20H36N6O.HI/c1-5-21-20(22-13-18(16(2)3)25-8-6-7-9-25)26-10-11-27-19(15-26)17-12-23-24(4)14-17;/h12,14,16,18-19H,5-11,13,15H2,1-4H3,(H,21,22);1H. The number of hydrogen-bond donors (Lipinski definition) is 1. The zero-order valence-corrected chi connectivity index (χ0v) is 20.1. The van der Waals surface area contributed by atoms with Gasteiger partial charge in [0, 0.05) is 37.9 Å². The second-order valence-corrected chi connectivity index (χ2v) is 8.00. The van der Waals surface area contributed by atoms with Crippen LogP contribution in [0.1, 0.15) is 45.3 Å². The van der Waals surface area contributed by atoms with Crippen molar-refractivity contribution < 1.29 is 4.74 Å². The lowest BCUT2D eigenvalue weighted by Crippen LogP contribution is -2.49. The summed E-state index contributed by atoms with van der Waals surface area (Å²) in [5.74, 6) is 1.63. The second-order valence-electron chi connectivity index (χ2n) is 8.00. The van der Waals surface area contributed by atoms with Crippen LogP contribution in [0, 0.1) is 5.92 Å². The fourth-order valence-electron chi connectivity index (χ4n) is 4.08. The van der Waals surface area contributed by atoms with E-state index in [-0.39, 0.29) is 30.1 Å². The third-order valence-electron chi connectivity index (χ3n) is 5.60. The molecule has 0 aliphatic carbocycles. The number of nitrogens with one attached hydrogen (secondary N) is 1. The van der Waals surface area contributed by atoms with Crippen LogP contribution < -0.4 is 5.32 Å². The van der Waals surface area contributed by atoms with Crippen LogP contribution in [0.2, 0.25) is 0 Å². The highest BCUT2D eigenvalue weighted by Gasteiger charge is 2.27. The molecule has 8 heteroatoms. The van der Waals surface area contributed by atoms with E-state index in [1.54, 1.807) is 0 Å². The predicted molar refractivity (Wildman–Crippen MR) is 124 cm³/mol. The van der Waals surface area contributed by atoms with E-state index in [1.807, 2.05) is 24.1 Å². The fraction of sp³-hybridized carbons (Fsp3) is 0.800. The molecule has 2 aliphatic rings. The van der Waals surface area contributed by atoms with Crippen LogP contribution in [0.25, 0.3) is 0 Å². The summed E-state index contributed by atoms with van der Waals surface area (Å²) in [4.78, 5) is 10.0. The first-order chi connectivity index (χ1) is 13.1. The molecule has 1 N–H and O–H groups in total. The normalized spacial score (nSPS) is 22.4. The molecule has 7 nitrogen and oxygen atoms in total. The Kier molecular flexibility index (Phi) is 9.49. The monoisotopic (exact) mass is 504 g/mol. The number of hydrogen-bond acceptors (Lipinski definition) is 4. The van der Waals surface area contributed by atoms with E-state index >= 15 is 0 Å². The van der Waals surface area contributed by atoms with Crippen LogP contribution >= 0.6 is 24.0 Å². The zero-order chi connectivity index (χ0) is 19.2. The van der Waals surface area contributed by atoms with E-state index in [2.05, 4.69) is 41.0 Å². The van der Waals surface area contributed by atoms with E-state index in [1.165, 1.54) is 25.9 Å². The Hall–Kier alpha value is -0.870. The minimum Gasteiger partial charge on any atom is -0.370 e. The van der Waals surface area contributed by atoms with Crippen LogP contribution in [0.15, 0.2) is 17.4 Å². The summed E-state index contributed by atoms with van der Waals surface area (Å²) in [5.41, 5.74) is 1.13. The van der Waals surface area contributed by atoms with E-state index < -0.39 is 0 Å². The highest BCUT2D eigenvalue weighted by molar-refractivity contribution is 14.0. The molecule has 160 valence electrons. The minimum absolute atomic E-state index is 0. The van der Waals surface area contributed by atoms with Gasteiger partial charge in [0.15, 0.2) is 5.96 Å². The van der Waals surface area contributed by atoms with Crippen molar-refractivity contribution in [2.75, 3.05) is 45.9 Å². The summed E-state index contributed by atoms with van der Waals surface area (Å²) in [5, 5.41) is 7.78. The van der Waals surface area contributed by atoms with Crippen molar-refractivity contribution in [3.63, 3.8) is 0 Å². The lowest BCUT2D eigenvalue weighted by atomic mass is 10.0. The van der Waals surface area contributed by atoms with E-state index in [4.69, 9.17) is 9.73 Å². The number of ether oxygens (including phenoxy) is 1. The number of morpholine rings is 1. The molecule has 28 heavy (non-hydrogen) atoms. The van der Waals surface area contributed by atoms with Crippen LogP contribution in [0.4, 0.5) is 0 Å². The molecule has 1 aromatic rings. The van der Waals surface area contributed by atoms with Crippen molar-refractivity contribution in [1.29, 1.82) is 0 Å². The molecule has 0 radical (unpaired) electrons. The SMILES string of the molecule is CCNC(=NCC(C(C)C)N1CCCC1)N1CCOC(c2cnn(C)c2)C1.I. The molecule has 2 unspecified atom stereocenters. The summed E-state index contributed by atoms with van der Waals surface area (Å²) >= 11 is 0. The van der Waals surface area contributed by atoms with Crippen molar-refractivity contribution >= 4 is 29.9 Å². The molecule has 0 bridgehead atoms. The average Bonchev–Trinajstić information content (AvgIpc) is 3.33. The molecule has 2 atom stereocenters. The van der Waals surface area contributed by atoms with Crippen molar-refractivity contribution in [1.82, 2.24) is 24.9 Å². The number of rotatable bonds is 6. The summed E-state index contributed by atoms with van der Waals surface area (Å²) in [6.07, 6.45) is 6.64. The molecule has 2 saturated heterocycles. The molecule has 0 saturated carbocycles. The van der Waals surface area contributed by atoms with Crippen molar-refractivity contribution in [3.8, 4) is 0 Å².